The van der Waals surface area contributed by atoms with Crippen LogP contribution in [0.25, 0.3) is 21.5 Å². The second-order valence-corrected chi connectivity index (χ2v) is 46.6. The number of carbonyl (C=O) groups is 1. The van der Waals surface area contributed by atoms with Crippen LogP contribution in [-0.2, 0) is 38.0 Å². The fourth-order valence-electron chi connectivity index (χ4n) is 17.4. The molecule has 0 saturated carbocycles. The number of methoxy groups -OCH3 is 1. The van der Waals surface area contributed by atoms with E-state index in [9.17, 15) is 39.0 Å². The van der Waals surface area contributed by atoms with Crippen LogP contribution in [0.4, 0.5) is 11.6 Å². The Bertz CT molecular complexity index is 4330. The molecule has 0 bridgehead atoms. The monoisotopic (exact) mass is 1390 g/mol. The van der Waals surface area contributed by atoms with Crippen molar-refractivity contribution in [1.29, 1.82) is 0 Å². The Labute approximate surface area is 562 Å². The van der Waals surface area contributed by atoms with E-state index in [0.29, 0.717) is 102 Å². The van der Waals surface area contributed by atoms with Crippen molar-refractivity contribution < 1.29 is 61.2 Å². The molecule has 0 aliphatic carbocycles. The van der Waals surface area contributed by atoms with Crippen LogP contribution in [0.2, 0.25) is 38.3 Å². The van der Waals surface area contributed by atoms with Crippen LogP contribution < -0.4 is 11.0 Å². The Kier molecular flexibility index (Phi) is 18.9. The zero-order chi connectivity index (χ0) is 67.3. The Hall–Kier alpha value is -5.98. The summed E-state index contributed by atoms with van der Waals surface area (Å²) >= 11 is 0. The normalized spacial score (nSPS) is 18.1. The number of rotatable bonds is 38. The van der Waals surface area contributed by atoms with E-state index >= 15 is 0 Å². The molecule has 0 saturated heterocycles. The predicted molar refractivity (Wildman–Crippen MR) is 383 cm³/mol. The molecule has 6 aromatic rings. The summed E-state index contributed by atoms with van der Waals surface area (Å²) in [6, 6.07) is 35.4. The molecule has 8 heterocycles. The van der Waals surface area contributed by atoms with Gasteiger partial charge in [-0.2, -0.15) is 0 Å². The van der Waals surface area contributed by atoms with Gasteiger partial charge in [0.05, 0.1) is 7.11 Å². The summed E-state index contributed by atoms with van der Waals surface area (Å²) in [7, 11) is -20.8. The van der Waals surface area contributed by atoms with Crippen LogP contribution in [0.5, 0.6) is 0 Å². The maximum atomic E-state index is 12.3. The zero-order valence-electron chi connectivity index (χ0n) is 57.2. The molecule has 95 heavy (non-hydrogen) atoms. The standard InChI is InChI=1S/C70H98N10O10S2Si3/c1-9-12-25-44-79(42-13-10-2,45-26-15-16-41-62(81)88-4)48-31-52-93(5,6)89-95(90-94(7,8)53-32-49-80(43-14-11-3,46-27-29-50-91(82,83)84)47-28-30-51-92(85,86)87)75-63-54-33-17-18-34-55(54)64(75)72-66-58-37-21-22-38-59(58)68(77(66)95)74-70-61-40-24-23-39-60(61)69(78(70)95)73-67-57-36-20-19-35-56(57)65(71-63)76(67)95/h17-24,33-40H,9-16,25-32,41-53H2,1-8H3/p+2. The van der Waals surface area contributed by atoms with Crippen LogP contribution in [-0.4, -0.2) is 177 Å². The van der Waals surface area contributed by atoms with Gasteiger partial charge in [0.15, 0.2) is 0 Å². The molecule has 20 nitrogen and oxygen atoms in total. The molecule has 6 aliphatic heterocycles. The van der Waals surface area contributed by atoms with E-state index in [4.69, 9.17) is 24.7 Å². The fraction of sp³-hybridized carbons (Fsp3) is 0.529. The SMILES string of the molecule is CCCCC[N+](CCCC)(CCCCCC(=O)OC)CCC[Si](C)(C)O[Si-2]123(O[Si](C)(C)CCC[N+](CCCC)(CCCCS(=O)(=O)O)CCCCS(=O)(=O)O)n4c5c6ccccc6c4N=C4c6ccccc6C(=[N+]41)N=c1c4ccccc4c(n12)=NC1=[N+]3C(=N5)c2ccccc21. The van der Waals surface area contributed by atoms with E-state index in [0.717, 1.165) is 151 Å². The minimum absolute atomic E-state index is 0.156. The molecule has 512 valence electrons. The molecular formula is C70H100N10O10S2Si3+2. The number of hydrogen-bond acceptors (Lipinski definition) is 12. The van der Waals surface area contributed by atoms with Crippen molar-refractivity contribution in [2.45, 2.75) is 168 Å². The molecule has 1 unspecified atom stereocenters. The third kappa shape index (κ3) is 11.8. The number of aromatic nitrogens is 2. The number of unbranched alkanes of at least 4 members (excludes halogenated alkanes) is 8. The summed E-state index contributed by atoms with van der Waals surface area (Å²) in [4.78, 5) is 36.2. The molecule has 0 amide bonds. The molecule has 1 atom stereocenters. The maximum absolute atomic E-state index is 12.3. The summed E-state index contributed by atoms with van der Waals surface area (Å²) < 4.78 is 104. The number of ether oxygens (including phenoxy) is 1. The van der Waals surface area contributed by atoms with Crippen LogP contribution >= 0.6 is 0 Å². The van der Waals surface area contributed by atoms with E-state index in [2.05, 4.69) is 161 Å². The molecule has 1 spiro atoms. The molecule has 2 aromatic heterocycles. The first-order chi connectivity index (χ1) is 45.4. The first kappa shape index (κ1) is 68.9. The van der Waals surface area contributed by atoms with Gasteiger partial charge in [0.25, 0.3) is 0 Å². The van der Waals surface area contributed by atoms with Crippen molar-refractivity contribution in [3.05, 3.63) is 130 Å². The van der Waals surface area contributed by atoms with Crippen LogP contribution in [0, 0.1) is 0 Å². The second-order valence-electron chi connectivity index (χ2n) is 29.2. The number of esters is 1. The van der Waals surface area contributed by atoms with Gasteiger partial charge >= 0.3 is 550 Å². The van der Waals surface area contributed by atoms with Gasteiger partial charge in [-0.25, -0.2) is 0 Å². The first-order valence-corrected chi connectivity index (χ1v) is 47.3. The van der Waals surface area contributed by atoms with E-state index in [1.165, 1.54) is 13.5 Å². The molecule has 0 fully saturated rings. The number of nitrogens with zero attached hydrogens (tertiary/aromatic N) is 10. The van der Waals surface area contributed by atoms with Crippen LogP contribution in [0.15, 0.2) is 117 Å². The summed E-state index contributed by atoms with van der Waals surface area (Å²) in [6.45, 7) is 23.2. The number of amidine groups is 4. The number of fused-ring (bicyclic) bond motifs is 12. The number of aliphatic imine (C=N–C) groups is 2. The Morgan fingerprint density at radius 3 is 1.25 bits per heavy atom. The summed E-state index contributed by atoms with van der Waals surface area (Å²) in [6.07, 6.45) is 14.0. The van der Waals surface area contributed by atoms with Crippen molar-refractivity contribution in [2.75, 3.05) is 71.0 Å². The molecule has 6 aliphatic rings. The summed E-state index contributed by atoms with van der Waals surface area (Å²) in [5.74, 6) is 3.31. The van der Waals surface area contributed by atoms with Gasteiger partial charge in [0, 0.05) is 0 Å². The van der Waals surface area contributed by atoms with Crippen molar-refractivity contribution in [3.63, 3.8) is 0 Å². The Morgan fingerprint density at radius 2 is 0.842 bits per heavy atom. The van der Waals surface area contributed by atoms with E-state index in [1.807, 2.05) is 0 Å². The molecule has 12 rings (SSSR count). The molecular weight excluding hydrogens is 1290 g/mol. The summed E-state index contributed by atoms with van der Waals surface area (Å²) in [5, 5.41) is 3.67. The van der Waals surface area contributed by atoms with Gasteiger partial charge in [0.1, 0.15) is 0 Å². The number of hydrogen-bond donors (Lipinski definition) is 2. The van der Waals surface area contributed by atoms with Gasteiger partial charge in [-0.15, -0.1) is 0 Å². The molecule has 0 radical (unpaired) electrons. The average Bonchev–Trinajstić information content (AvgIpc) is 1.48. The van der Waals surface area contributed by atoms with Gasteiger partial charge in [-0.05, 0) is 0 Å². The quantitative estimate of drug-likeness (QED) is 0.0123. The zero-order valence-corrected chi connectivity index (χ0v) is 61.8. The summed E-state index contributed by atoms with van der Waals surface area (Å²) in [5.41, 5.74) is 5.05. The molecule has 25 heteroatoms. The second kappa shape index (κ2) is 26.0. The molecule has 2 N–H and O–H groups in total. The van der Waals surface area contributed by atoms with Gasteiger partial charge in [0.2, 0.25) is 0 Å². The van der Waals surface area contributed by atoms with Gasteiger partial charge < -0.3 is 4.74 Å². The van der Waals surface area contributed by atoms with Crippen molar-refractivity contribution in [3.8, 4) is 0 Å². The number of benzene rings is 4. The third-order valence-corrected chi connectivity index (χ3v) is 39.7. The first-order valence-electron chi connectivity index (χ1n) is 35.2. The van der Waals surface area contributed by atoms with Crippen LogP contribution in [0.3, 0.4) is 0 Å². The Balaban J connectivity index is 1.10. The van der Waals surface area contributed by atoms with Gasteiger partial charge in [-0.3, -0.25) is 4.79 Å². The van der Waals surface area contributed by atoms with Crippen molar-refractivity contribution in [2.24, 2.45) is 20.0 Å². The predicted octanol–water partition coefficient (Wildman–Crippen LogP) is 12.0. The average molecular weight is 1390 g/mol. The fourth-order valence-corrected chi connectivity index (χ4v) is 40.8. The van der Waals surface area contributed by atoms with Gasteiger partial charge in [-0.1, -0.05) is 0 Å². The minimum atomic E-state index is -7.08. The van der Waals surface area contributed by atoms with Crippen molar-refractivity contribution >= 4 is 107 Å². The topological polar surface area (TPSA) is 219 Å². The van der Waals surface area contributed by atoms with E-state index in [-0.39, 0.29) is 30.3 Å². The van der Waals surface area contributed by atoms with E-state index < -0.39 is 44.6 Å². The number of carbonyl (C=O) groups excluding carboxylic acids is 1. The van der Waals surface area contributed by atoms with Crippen LogP contribution in [0.1, 0.15) is 152 Å². The number of quaternary nitrogens is 2. The third-order valence-electron chi connectivity index (χ3n) is 21.4. The van der Waals surface area contributed by atoms with E-state index in [1.54, 1.807) is 0 Å². The molecule has 4 aromatic carbocycles. The van der Waals surface area contributed by atoms with Crippen molar-refractivity contribution in [1.82, 2.24) is 8.47 Å². The Morgan fingerprint density at radius 1 is 0.474 bits per heavy atom.